The number of halogens is 1. The summed E-state index contributed by atoms with van der Waals surface area (Å²) in [6.07, 6.45) is 0. The lowest BCUT2D eigenvalue weighted by Crippen LogP contribution is -2.17. The van der Waals surface area contributed by atoms with Crippen LogP contribution in [0.4, 0.5) is 0 Å². The van der Waals surface area contributed by atoms with Crippen LogP contribution in [0.15, 0.2) is 53.0 Å². The summed E-state index contributed by atoms with van der Waals surface area (Å²) >= 11 is 3.46. The van der Waals surface area contributed by atoms with Crippen LogP contribution >= 0.6 is 15.9 Å². The first kappa shape index (κ1) is 13.1. The summed E-state index contributed by atoms with van der Waals surface area (Å²) in [4.78, 5) is 0. The van der Waals surface area contributed by atoms with Gasteiger partial charge in [0.1, 0.15) is 5.75 Å². The van der Waals surface area contributed by atoms with Gasteiger partial charge < -0.3 is 10.4 Å². The minimum Gasteiger partial charge on any atom is -0.508 e. The molecule has 0 aliphatic rings. The van der Waals surface area contributed by atoms with Crippen LogP contribution in [0, 0.1) is 0 Å². The SMILES string of the molecule is CC(NCc1cccc(Br)c1)c1cccc(O)c1. The Labute approximate surface area is 116 Å². The molecule has 3 heteroatoms. The van der Waals surface area contributed by atoms with E-state index in [1.165, 1.54) is 5.56 Å². The van der Waals surface area contributed by atoms with Gasteiger partial charge in [0.15, 0.2) is 0 Å². The second-order valence-corrected chi connectivity index (χ2v) is 5.24. The van der Waals surface area contributed by atoms with Crippen LogP contribution < -0.4 is 5.32 Å². The molecule has 2 rings (SSSR count). The van der Waals surface area contributed by atoms with Crippen LogP contribution in [-0.4, -0.2) is 5.11 Å². The molecule has 0 radical (unpaired) electrons. The number of phenols is 1. The summed E-state index contributed by atoms with van der Waals surface area (Å²) in [6, 6.07) is 15.8. The zero-order chi connectivity index (χ0) is 13.0. The summed E-state index contributed by atoms with van der Waals surface area (Å²) < 4.78 is 1.09. The first-order chi connectivity index (χ1) is 8.65. The summed E-state index contributed by atoms with van der Waals surface area (Å²) in [7, 11) is 0. The number of nitrogens with one attached hydrogen (secondary N) is 1. The molecule has 1 unspecified atom stereocenters. The highest BCUT2D eigenvalue weighted by Gasteiger charge is 2.05. The smallest absolute Gasteiger partial charge is 0.115 e. The van der Waals surface area contributed by atoms with E-state index in [2.05, 4.69) is 40.3 Å². The van der Waals surface area contributed by atoms with Gasteiger partial charge in [-0.25, -0.2) is 0 Å². The number of hydrogen-bond donors (Lipinski definition) is 2. The number of hydrogen-bond acceptors (Lipinski definition) is 2. The van der Waals surface area contributed by atoms with Gasteiger partial charge in [0.25, 0.3) is 0 Å². The lowest BCUT2D eigenvalue weighted by Gasteiger charge is -2.14. The van der Waals surface area contributed by atoms with Crippen molar-refractivity contribution in [2.75, 3.05) is 0 Å². The van der Waals surface area contributed by atoms with Crippen molar-refractivity contribution < 1.29 is 5.11 Å². The monoisotopic (exact) mass is 305 g/mol. The predicted molar refractivity (Wildman–Crippen MR) is 77.5 cm³/mol. The lowest BCUT2D eigenvalue weighted by atomic mass is 10.1. The molecule has 18 heavy (non-hydrogen) atoms. The Morgan fingerprint density at radius 2 is 1.94 bits per heavy atom. The van der Waals surface area contributed by atoms with Gasteiger partial charge in [0, 0.05) is 17.1 Å². The first-order valence-electron chi connectivity index (χ1n) is 5.92. The fourth-order valence-corrected chi connectivity index (χ4v) is 2.28. The Morgan fingerprint density at radius 1 is 1.17 bits per heavy atom. The van der Waals surface area contributed by atoms with Crippen molar-refractivity contribution in [2.24, 2.45) is 0 Å². The third kappa shape index (κ3) is 3.59. The van der Waals surface area contributed by atoms with Gasteiger partial charge >= 0.3 is 0 Å². The number of aromatic hydroxyl groups is 1. The van der Waals surface area contributed by atoms with Crippen LogP contribution in [0.25, 0.3) is 0 Å². The maximum Gasteiger partial charge on any atom is 0.115 e. The molecule has 0 aromatic heterocycles. The molecule has 0 aliphatic carbocycles. The second kappa shape index (κ2) is 6.03. The van der Waals surface area contributed by atoms with Gasteiger partial charge in [-0.1, -0.05) is 40.2 Å². The summed E-state index contributed by atoms with van der Waals surface area (Å²) in [5.74, 6) is 0.309. The van der Waals surface area contributed by atoms with Crippen LogP contribution in [0.5, 0.6) is 5.75 Å². The lowest BCUT2D eigenvalue weighted by molar-refractivity contribution is 0.472. The van der Waals surface area contributed by atoms with E-state index >= 15 is 0 Å². The Balaban J connectivity index is 1.98. The molecule has 2 aromatic rings. The molecule has 0 saturated carbocycles. The molecule has 0 bridgehead atoms. The highest BCUT2D eigenvalue weighted by Crippen LogP contribution is 2.18. The minimum absolute atomic E-state index is 0.205. The summed E-state index contributed by atoms with van der Waals surface area (Å²) in [5, 5.41) is 12.9. The van der Waals surface area contributed by atoms with Crippen molar-refractivity contribution in [1.29, 1.82) is 0 Å². The van der Waals surface area contributed by atoms with E-state index in [0.29, 0.717) is 5.75 Å². The van der Waals surface area contributed by atoms with E-state index in [1.807, 2.05) is 24.3 Å². The maximum absolute atomic E-state index is 9.45. The zero-order valence-electron chi connectivity index (χ0n) is 10.2. The fourth-order valence-electron chi connectivity index (χ4n) is 1.83. The highest BCUT2D eigenvalue weighted by molar-refractivity contribution is 9.10. The average molecular weight is 306 g/mol. The number of rotatable bonds is 4. The molecule has 0 saturated heterocycles. The van der Waals surface area contributed by atoms with E-state index in [4.69, 9.17) is 0 Å². The Bertz CT molecular complexity index is 527. The largest absolute Gasteiger partial charge is 0.508 e. The molecule has 0 aliphatic heterocycles. The topological polar surface area (TPSA) is 32.3 Å². The molecule has 0 amide bonds. The van der Waals surface area contributed by atoms with Crippen LogP contribution in [-0.2, 0) is 6.54 Å². The molecule has 94 valence electrons. The van der Waals surface area contributed by atoms with Gasteiger partial charge in [-0.15, -0.1) is 0 Å². The van der Waals surface area contributed by atoms with Crippen LogP contribution in [0.2, 0.25) is 0 Å². The van der Waals surface area contributed by atoms with Crippen LogP contribution in [0.3, 0.4) is 0 Å². The molecule has 0 heterocycles. The fraction of sp³-hybridized carbons (Fsp3) is 0.200. The maximum atomic E-state index is 9.45. The van der Waals surface area contributed by atoms with Gasteiger partial charge in [0.05, 0.1) is 0 Å². The molecular formula is C15H16BrNO. The molecule has 2 aromatic carbocycles. The molecule has 0 spiro atoms. The van der Waals surface area contributed by atoms with Gasteiger partial charge in [-0.2, -0.15) is 0 Å². The van der Waals surface area contributed by atoms with Crippen LogP contribution in [0.1, 0.15) is 24.1 Å². The quantitative estimate of drug-likeness (QED) is 0.894. The summed E-state index contributed by atoms with van der Waals surface area (Å²) in [5.41, 5.74) is 2.32. The van der Waals surface area contributed by atoms with E-state index in [1.54, 1.807) is 12.1 Å². The van der Waals surface area contributed by atoms with E-state index in [0.717, 1.165) is 16.6 Å². The third-order valence-electron chi connectivity index (χ3n) is 2.87. The van der Waals surface area contributed by atoms with Crippen molar-refractivity contribution in [3.63, 3.8) is 0 Å². The van der Waals surface area contributed by atoms with Crippen molar-refractivity contribution >= 4 is 15.9 Å². The van der Waals surface area contributed by atoms with Gasteiger partial charge in [-0.3, -0.25) is 0 Å². The average Bonchev–Trinajstić information content (AvgIpc) is 2.36. The molecule has 2 N–H and O–H groups in total. The Hall–Kier alpha value is -1.32. The molecule has 0 fully saturated rings. The Kier molecular flexibility index (Phi) is 4.39. The van der Waals surface area contributed by atoms with E-state index < -0.39 is 0 Å². The second-order valence-electron chi connectivity index (χ2n) is 4.33. The zero-order valence-corrected chi connectivity index (χ0v) is 11.8. The van der Waals surface area contributed by atoms with Crippen molar-refractivity contribution in [3.8, 4) is 5.75 Å². The van der Waals surface area contributed by atoms with Gasteiger partial charge in [-0.05, 0) is 42.3 Å². The van der Waals surface area contributed by atoms with E-state index in [9.17, 15) is 5.11 Å². The van der Waals surface area contributed by atoms with Crippen molar-refractivity contribution in [2.45, 2.75) is 19.5 Å². The number of benzene rings is 2. The third-order valence-corrected chi connectivity index (χ3v) is 3.36. The van der Waals surface area contributed by atoms with Crippen molar-refractivity contribution in [1.82, 2.24) is 5.32 Å². The Morgan fingerprint density at radius 3 is 2.67 bits per heavy atom. The highest BCUT2D eigenvalue weighted by atomic mass is 79.9. The standard InChI is InChI=1S/C15H16BrNO/c1-11(13-5-3-7-15(18)9-13)17-10-12-4-2-6-14(16)8-12/h2-9,11,17-18H,10H2,1H3. The van der Waals surface area contributed by atoms with Crippen molar-refractivity contribution in [3.05, 3.63) is 64.1 Å². The molecule has 1 atom stereocenters. The first-order valence-corrected chi connectivity index (χ1v) is 6.71. The predicted octanol–water partition coefficient (Wildman–Crippen LogP) is 4.01. The molecular weight excluding hydrogens is 290 g/mol. The van der Waals surface area contributed by atoms with E-state index in [-0.39, 0.29) is 6.04 Å². The molecule has 2 nitrogen and oxygen atoms in total. The normalized spacial score (nSPS) is 12.3. The summed E-state index contributed by atoms with van der Waals surface area (Å²) in [6.45, 7) is 2.89. The minimum atomic E-state index is 0.205. The van der Waals surface area contributed by atoms with Gasteiger partial charge in [0.2, 0.25) is 0 Å². The number of phenolic OH excluding ortho intramolecular Hbond substituents is 1.